The summed E-state index contributed by atoms with van der Waals surface area (Å²) in [7, 11) is 0. The minimum absolute atomic E-state index is 0.125. The van der Waals surface area contributed by atoms with Crippen LogP contribution in [0.15, 0.2) is 66.7 Å². The van der Waals surface area contributed by atoms with E-state index in [9.17, 15) is 4.79 Å². The molecule has 27 heavy (non-hydrogen) atoms. The fourth-order valence-corrected chi connectivity index (χ4v) is 3.12. The maximum atomic E-state index is 12.9. The number of ether oxygens (including phenoxy) is 2. The highest BCUT2D eigenvalue weighted by Gasteiger charge is 2.16. The molecule has 1 amide bonds. The van der Waals surface area contributed by atoms with Crippen molar-refractivity contribution in [3.05, 3.63) is 77.9 Å². The molecule has 3 aromatic carbocycles. The highest BCUT2D eigenvalue weighted by molar-refractivity contribution is 5.97. The van der Waals surface area contributed by atoms with E-state index in [2.05, 4.69) is 29.6 Å². The smallest absolute Gasteiger partial charge is 0.255 e. The molecule has 0 fully saturated rings. The van der Waals surface area contributed by atoms with Gasteiger partial charge in [0.15, 0.2) is 0 Å². The van der Waals surface area contributed by atoms with E-state index < -0.39 is 0 Å². The first-order chi connectivity index (χ1) is 13.2. The Morgan fingerprint density at radius 3 is 2.56 bits per heavy atom. The number of hydrogen-bond acceptors (Lipinski definition) is 3. The lowest BCUT2D eigenvalue weighted by molar-refractivity contribution is 0.0924. The minimum Gasteiger partial charge on any atom is -0.490 e. The number of carbonyl (C=O) groups excluding carboxylic acids is 1. The average Bonchev–Trinajstić information content (AvgIpc) is 2.71. The van der Waals surface area contributed by atoms with Crippen molar-refractivity contribution < 1.29 is 14.3 Å². The van der Waals surface area contributed by atoms with Crippen molar-refractivity contribution in [3.8, 4) is 5.75 Å². The molecule has 1 N–H and O–H groups in total. The van der Waals surface area contributed by atoms with Gasteiger partial charge in [-0.05, 0) is 42.3 Å². The van der Waals surface area contributed by atoms with Crippen molar-refractivity contribution in [2.24, 2.45) is 0 Å². The van der Waals surface area contributed by atoms with Crippen LogP contribution in [0.3, 0.4) is 0 Å². The Morgan fingerprint density at radius 2 is 1.70 bits per heavy atom. The Balaban J connectivity index is 1.75. The number of nitrogens with one attached hydrogen (secondary N) is 1. The second-order valence-electron chi connectivity index (χ2n) is 6.31. The standard InChI is InChI=1S/C23H25NO3/c1-3-26-15-16-27-22-14-7-6-12-21(22)23(25)24-17(2)19-13-8-10-18-9-4-5-11-20(18)19/h4-14,17H,3,15-16H2,1-2H3,(H,24,25). The van der Waals surface area contributed by atoms with Gasteiger partial charge in [0.2, 0.25) is 0 Å². The molecule has 0 aromatic heterocycles. The highest BCUT2D eigenvalue weighted by Crippen LogP contribution is 2.25. The zero-order valence-electron chi connectivity index (χ0n) is 15.8. The van der Waals surface area contributed by atoms with Crippen LogP contribution >= 0.6 is 0 Å². The average molecular weight is 363 g/mol. The van der Waals surface area contributed by atoms with Gasteiger partial charge in [-0.3, -0.25) is 4.79 Å². The van der Waals surface area contributed by atoms with E-state index in [4.69, 9.17) is 9.47 Å². The monoisotopic (exact) mass is 363 g/mol. The van der Waals surface area contributed by atoms with E-state index >= 15 is 0 Å². The summed E-state index contributed by atoms with van der Waals surface area (Å²) in [5.74, 6) is 0.419. The van der Waals surface area contributed by atoms with Gasteiger partial charge in [0, 0.05) is 6.61 Å². The molecule has 0 aliphatic rings. The summed E-state index contributed by atoms with van der Waals surface area (Å²) in [4.78, 5) is 12.9. The van der Waals surface area contributed by atoms with Crippen LogP contribution in [0.25, 0.3) is 10.8 Å². The Bertz CT molecular complexity index is 902. The molecular formula is C23H25NO3. The summed E-state index contributed by atoms with van der Waals surface area (Å²) >= 11 is 0. The maximum absolute atomic E-state index is 12.9. The topological polar surface area (TPSA) is 47.6 Å². The van der Waals surface area contributed by atoms with Gasteiger partial charge in [0.05, 0.1) is 18.2 Å². The zero-order valence-corrected chi connectivity index (χ0v) is 15.8. The molecule has 1 unspecified atom stereocenters. The van der Waals surface area contributed by atoms with Crippen LogP contribution in [-0.4, -0.2) is 25.7 Å². The molecule has 4 nitrogen and oxygen atoms in total. The number of para-hydroxylation sites is 1. The number of rotatable bonds is 8. The molecule has 3 aromatic rings. The second-order valence-corrected chi connectivity index (χ2v) is 6.31. The minimum atomic E-state index is -0.151. The predicted octanol–water partition coefficient (Wildman–Crippen LogP) is 4.75. The zero-order chi connectivity index (χ0) is 19.1. The van der Waals surface area contributed by atoms with E-state index in [1.165, 1.54) is 0 Å². The molecule has 0 aliphatic carbocycles. The lowest BCUT2D eigenvalue weighted by Crippen LogP contribution is -2.27. The number of carbonyl (C=O) groups is 1. The number of fused-ring (bicyclic) bond motifs is 1. The van der Waals surface area contributed by atoms with Crippen molar-refractivity contribution in [3.63, 3.8) is 0 Å². The quantitative estimate of drug-likeness (QED) is 0.588. The summed E-state index contributed by atoms with van der Waals surface area (Å²) in [5, 5.41) is 5.41. The van der Waals surface area contributed by atoms with E-state index in [1.54, 1.807) is 6.07 Å². The van der Waals surface area contributed by atoms with Gasteiger partial charge in [0.25, 0.3) is 5.91 Å². The molecule has 140 valence electrons. The van der Waals surface area contributed by atoms with E-state index in [-0.39, 0.29) is 11.9 Å². The first-order valence-electron chi connectivity index (χ1n) is 9.28. The van der Waals surface area contributed by atoms with Crippen LogP contribution in [0, 0.1) is 0 Å². The lowest BCUT2D eigenvalue weighted by Gasteiger charge is -2.18. The van der Waals surface area contributed by atoms with Crippen molar-refractivity contribution >= 4 is 16.7 Å². The predicted molar refractivity (Wildman–Crippen MR) is 108 cm³/mol. The van der Waals surface area contributed by atoms with Gasteiger partial charge in [-0.15, -0.1) is 0 Å². The van der Waals surface area contributed by atoms with E-state index in [1.807, 2.05) is 50.2 Å². The fraction of sp³-hybridized carbons (Fsp3) is 0.261. The van der Waals surface area contributed by atoms with Crippen LogP contribution in [0.1, 0.15) is 35.8 Å². The first-order valence-corrected chi connectivity index (χ1v) is 9.28. The van der Waals surface area contributed by atoms with Gasteiger partial charge >= 0.3 is 0 Å². The van der Waals surface area contributed by atoms with Crippen molar-refractivity contribution in [1.82, 2.24) is 5.32 Å². The van der Waals surface area contributed by atoms with Gasteiger partial charge < -0.3 is 14.8 Å². The molecule has 0 bridgehead atoms. The molecule has 0 radical (unpaired) electrons. The molecule has 4 heteroatoms. The molecule has 0 heterocycles. The summed E-state index contributed by atoms with van der Waals surface area (Å²) in [6.45, 7) is 5.50. The van der Waals surface area contributed by atoms with Crippen molar-refractivity contribution in [2.45, 2.75) is 19.9 Å². The maximum Gasteiger partial charge on any atom is 0.255 e. The highest BCUT2D eigenvalue weighted by atomic mass is 16.5. The largest absolute Gasteiger partial charge is 0.490 e. The molecule has 1 atom stereocenters. The summed E-state index contributed by atoms with van der Waals surface area (Å²) in [6.07, 6.45) is 0. The van der Waals surface area contributed by atoms with E-state index in [0.29, 0.717) is 31.1 Å². The van der Waals surface area contributed by atoms with Gasteiger partial charge in [0.1, 0.15) is 12.4 Å². The van der Waals surface area contributed by atoms with Gasteiger partial charge in [-0.1, -0.05) is 54.6 Å². The summed E-state index contributed by atoms with van der Waals surface area (Å²) in [5.41, 5.74) is 1.62. The van der Waals surface area contributed by atoms with Crippen LogP contribution in [0.2, 0.25) is 0 Å². The SMILES string of the molecule is CCOCCOc1ccccc1C(=O)NC(C)c1cccc2ccccc12. The lowest BCUT2D eigenvalue weighted by atomic mass is 9.99. The fourth-order valence-electron chi connectivity index (χ4n) is 3.12. The molecule has 0 saturated heterocycles. The molecular weight excluding hydrogens is 338 g/mol. The summed E-state index contributed by atoms with van der Waals surface area (Å²) < 4.78 is 11.0. The number of benzene rings is 3. The van der Waals surface area contributed by atoms with Crippen LogP contribution < -0.4 is 10.1 Å². The van der Waals surface area contributed by atoms with Gasteiger partial charge in [-0.2, -0.15) is 0 Å². The van der Waals surface area contributed by atoms with E-state index in [0.717, 1.165) is 16.3 Å². The first kappa shape index (κ1) is 18.9. The third-order valence-electron chi connectivity index (χ3n) is 4.46. The summed E-state index contributed by atoms with van der Waals surface area (Å²) in [6, 6.07) is 21.5. The Kier molecular flexibility index (Phi) is 6.44. The molecule has 0 spiro atoms. The molecule has 0 saturated carbocycles. The Hall–Kier alpha value is -2.85. The normalized spacial score (nSPS) is 11.9. The van der Waals surface area contributed by atoms with Crippen molar-refractivity contribution in [1.29, 1.82) is 0 Å². The van der Waals surface area contributed by atoms with Crippen LogP contribution in [-0.2, 0) is 4.74 Å². The molecule has 3 rings (SSSR count). The third kappa shape index (κ3) is 4.66. The van der Waals surface area contributed by atoms with Crippen LogP contribution in [0.5, 0.6) is 5.75 Å². The number of hydrogen-bond donors (Lipinski definition) is 1. The van der Waals surface area contributed by atoms with Gasteiger partial charge in [-0.25, -0.2) is 0 Å². The Labute approximate surface area is 160 Å². The van der Waals surface area contributed by atoms with Crippen LogP contribution in [0.4, 0.5) is 0 Å². The molecule has 0 aliphatic heterocycles. The third-order valence-corrected chi connectivity index (χ3v) is 4.46. The number of amides is 1. The second kappa shape index (κ2) is 9.19. The van der Waals surface area contributed by atoms with Crippen molar-refractivity contribution in [2.75, 3.05) is 19.8 Å². The Morgan fingerprint density at radius 1 is 0.963 bits per heavy atom.